The smallest absolute Gasteiger partial charge is 0.191 e. The summed E-state index contributed by atoms with van der Waals surface area (Å²) in [5.41, 5.74) is 0. The number of aliphatic imine (C=N–C) groups is 1. The van der Waals surface area contributed by atoms with E-state index in [-0.39, 0.29) is 6.04 Å². The van der Waals surface area contributed by atoms with Crippen molar-refractivity contribution < 1.29 is 18.6 Å². The number of guanidine groups is 1. The van der Waals surface area contributed by atoms with Gasteiger partial charge in [-0.2, -0.15) is 0 Å². The first-order chi connectivity index (χ1) is 14.2. The molecule has 166 valence electrons. The fraction of sp³-hybridized carbons (Fsp3) is 0.762. The van der Waals surface area contributed by atoms with Gasteiger partial charge in [-0.1, -0.05) is 13.3 Å². The lowest BCUT2D eigenvalue weighted by atomic mass is 10.1. The van der Waals surface area contributed by atoms with Crippen molar-refractivity contribution in [2.24, 2.45) is 4.99 Å². The van der Waals surface area contributed by atoms with Gasteiger partial charge in [0.2, 0.25) is 0 Å². The van der Waals surface area contributed by atoms with Crippen LogP contribution in [0.2, 0.25) is 0 Å². The number of furan rings is 1. The second kappa shape index (κ2) is 14.4. The predicted molar refractivity (Wildman–Crippen MR) is 114 cm³/mol. The summed E-state index contributed by atoms with van der Waals surface area (Å²) in [6, 6.07) is 4.21. The van der Waals surface area contributed by atoms with Crippen LogP contribution < -0.4 is 10.6 Å². The molecule has 2 N–H and O–H groups in total. The van der Waals surface area contributed by atoms with Crippen LogP contribution >= 0.6 is 0 Å². The molecule has 8 nitrogen and oxygen atoms in total. The fourth-order valence-corrected chi connectivity index (χ4v) is 3.16. The Bertz CT molecular complexity index is 573. The molecule has 1 aliphatic rings. The van der Waals surface area contributed by atoms with Crippen LogP contribution in [0.25, 0.3) is 0 Å². The van der Waals surface area contributed by atoms with Crippen LogP contribution in [0.1, 0.15) is 37.3 Å². The van der Waals surface area contributed by atoms with Gasteiger partial charge in [-0.15, -0.1) is 0 Å². The molecule has 0 aliphatic carbocycles. The highest BCUT2D eigenvalue weighted by Gasteiger charge is 2.25. The van der Waals surface area contributed by atoms with Crippen LogP contribution in [0.15, 0.2) is 21.5 Å². The zero-order chi connectivity index (χ0) is 20.7. The molecule has 2 rings (SSSR count). The number of morpholine rings is 1. The summed E-state index contributed by atoms with van der Waals surface area (Å²) in [6.07, 6.45) is 2.26. The van der Waals surface area contributed by atoms with Crippen molar-refractivity contribution in [2.45, 2.75) is 32.7 Å². The van der Waals surface area contributed by atoms with Crippen molar-refractivity contribution in [3.8, 4) is 0 Å². The molecule has 1 saturated heterocycles. The summed E-state index contributed by atoms with van der Waals surface area (Å²) < 4.78 is 22.5. The van der Waals surface area contributed by atoms with Crippen LogP contribution in [0, 0.1) is 6.92 Å². The van der Waals surface area contributed by atoms with Crippen molar-refractivity contribution in [1.29, 1.82) is 0 Å². The predicted octanol–water partition coefficient (Wildman–Crippen LogP) is 1.96. The topological polar surface area (TPSA) is 80.5 Å². The monoisotopic (exact) mass is 410 g/mol. The summed E-state index contributed by atoms with van der Waals surface area (Å²) in [5, 5.41) is 6.71. The summed E-state index contributed by atoms with van der Waals surface area (Å²) in [6.45, 7) is 11.5. The zero-order valence-corrected chi connectivity index (χ0v) is 18.2. The molecule has 2 heterocycles. The molecule has 1 unspecified atom stereocenters. The standard InChI is InChI=1S/C21H38N4O4/c1-4-5-11-26-15-16-27-12-8-23-21(22-3)24-17-19(20-7-6-18(2)29-20)25-9-13-28-14-10-25/h6-7,19H,4-5,8-17H2,1-3H3,(H2,22,23,24). The van der Waals surface area contributed by atoms with Crippen molar-refractivity contribution in [1.82, 2.24) is 15.5 Å². The first-order valence-corrected chi connectivity index (χ1v) is 10.7. The number of hydrogen-bond acceptors (Lipinski definition) is 6. The number of hydrogen-bond donors (Lipinski definition) is 2. The Balaban J connectivity index is 1.69. The van der Waals surface area contributed by atoms with E-state index in [1.54, 1.807) is 7.05 Å². The maximum atomic E-state index is 5.91. The van der Waals surface area contributed by atoms with E-state index < -0.39 is 0 Å². The van der Waals surface area contributed by atoms with Gasteiger partial charge in [-0.05, 0) is 25.5 Å². The minimum absolute atomic E-state index is 0.141. The van der Waals surface area contributed by atoms with E-state index in [0.717, 1.165) is 63.2 Å². The third-order valence-corrected chi connectivity index (χ3v) is 4.82. The molecule has 29 heavy (non-hydrogen) atoms. The molecule has 1 aliphatic heterocycles. The van der Waals surface area contributed by atoms with Crippen LogP contribution in [0.3, 0.4) is 0 Å². The van der Waals surface area contributed by atoms with E-state index in [1.165, 1.54) is 0 Å². The number of unbranched alkanes of at least 4 members (excludes halogenated alkanes) is 1. The summed E-state index contributed by atoms with van der Waals surface area (Å²) in [7, 11) is 1.78. The summed E-state index contributed by atoms with van der Waals surface area (Å²) in [4.78, 5) is 6.70. The Morgan fingerprint density at radius 1 is 1.14 bits per heavy atom. The highest BCUT2D eigenvalue weighted by molar-refractivity contribution is 5.79. The lowest BCUT2D eigenvalue weighted by Crippen LogP contribution is -2.46. The van der Waals surface area contributed by atoms with E-state index in [4.69, 9.17) is 18.6 Å². The van der Waals surface area contributed by atoms with Gasteiger partial charge < -0.3 is 29.3 Å². The van der Waals surface area contributed by atoms with E-state index in [9.17, 15) is 0 Å². The molecule has 0 radical (unpaired) electrons. The molecule has 1 fully saturated rings. The minimum Gasteiger partial charge on any atom is -0.465 e. The Labute approximate surface area is 175 Å². The number of aryl methyl sites for hydroxylation is 1. The Kier molecular flexibility index (Phi) is 11.7. The van der Waals surface area contributed by atoms with Gasteiger partial charge in [-0.3, -0.25) is 9.89 Å². The third-order valence-electron chi connectivity index (χ3n) is 4.82. The number of nitrogens with zero attached hydrogens (tertiary/aromatic N) is 2. The number of rotatable bonds is 13. The van der Waals surface area contributed by atoms with Crippen LogP contribution in [0.4, 0.5) is 0 Å². The molecule has 0 spiro atoms. The first-order valence-electron chi connectivity index (χ1n) is 10.7. The molecule has 1 aromatic heterocycles. The van der Waals surface area contributed by atoms with Crippen molar-refractivity contribution in [3.05, 3.63) is 23.7 Å². The highest BCUT2D eigenvalue weighted by Crippen LogP contribution is 2.23. The summed E-state index contributed by atoms with van der Waals surface area (Å²) >= 11 is 0. The van der Waals surface area contributed by atoms with E-state index in [1.807, 2.05) is 13.0 Å². The van der Waals surface area contributed by atoms with Gasteiger partial charge in [0.25, 0.3) is 0 Å². The fourth-order valence-electron chi connectivity index (χ4n) is 3.16. The molecule has 0 saturated carbocycles. The van der Waals surface area contributed by atoms with Crippen LogP contribution in [-0.4, -0.2) is 83.7 Å². The maximum Gasteiger partial charge on any atom is 0.191 e. The van der Waals surface area contributed by atoms with Crippen LogP contribution in [0.5, 0.6) is 0 Å². The molecule has 8 heteroatoms. The molecular formula is C21H38N4O4. The number of ether oxygens (including phenoxy) is 3. The Morgan fingerprint density at radius 2 is 1.90 bits per heavy atom. The zero-order valence-electron chi connectivity index (χ0n) is 18.2. The second-order valence-electron chi connectivity index (χ2n) is 7.07. The molecule has 0 aromatic carbocycles. The van der Waals surface area contributed by atoms with Crippen LogP contribution in [-0.2, 0) is 14.2 Å². The second-order valence-corrected chi connectivity index (χ2v) is 7.07. The maximum absolute atomic E-state index is 5.91. The SMILES string of the molecule is CCCCOCCOCCNC(=NC)NCC(c1ccc(C)o1)N1CCOCC1. The highest BCUT2D eigenvalue weighted by atomic mass is 16.5. The lowest BCUT2D eigenvalue weighted by Gasteiger charge is -2.33. The van der Waals surface area contributed by atoms with E-state index >= 15 is 0 Å². The average Bonchev–Trinajstić information content (AvgIpc) is 3.18. The Morgan fingerprint density at radius 3 is 2.55 bits per heavy atom. The van der Waals surface area contributed by atoms with Gasteiger partial charge >= 0.3 is 0 Å². The van der Waals surface area contributed by atoms with Crippen molar-refractivity contribution in [3.63, 3.8) is 0 Å². The molecule has 0 amide bonds. The van der Waals surface area contributed by atoms with Gasteiger partial charge in [0.05, 0.1) is 39.1 Å². The van der Waals surface area contributed by atoms with Gasteiger partial charge in [0, 0.05) is 39.8 Å². The third kappa shape index (κ3) is 9.16. The minimum atomic E-state index is 0.141. The van der Waals surface area contributed by atoms with Crippen molar-refractivity contribution >= 4 is 5.96 Å². The van der Waals surface area contributed by atoms with Gasteiger partial charge in [-0.25, -0.2) is 0 Å². The molecule has 1 aromatic rings. The Hall–Kier alpha value is -1.61. The quantitative estimate of drug-likeness (QED) is 0.292. The summed E-state index contributed by atoms with van der Waals surface area (Å²) in [5.74, 6) is 2.66. The van der Waals surface area contributed by atoms with E-state index in [2.05, 4.69) is 33.5 Å². The lowest BCUT2D eigenvalue weighted by molar-refractivity contribution is 0.0124. The number of nitrogens with one attached hydrogen (secondary N) is 2. The largest absolute Gasteiger partial charge is 0.465 e. The normalized spacial score (nSPS) is 16.7. The molecule has 0 bridgehead atoms. The van der Waals surface area contributed by atoms with Gasteiger partial charge in [0.1, 0.15) is 11.5 Å². The average molecular weight is 411 g/mol. The molecular weight excluding hydrogens is 372 g/mol. The van der Waals surface area contributed by atoms with E-state index in [0.29, 0.717) is 32.9 Å². The molecule has 1 atom stereocenters. The van der Waals surface area contributed by atoms with Gasteiger partial charge in [0.15, 0.2) is 5.96 Å². The first kappa shape index (κ1) is 23.7. The van der Waals surface area contributed by atoms with Crippen molar-refractivity contribution in [2.75, 3.05) is 72.9 Å².